The zero-order valence-electron chi connectivity index (χ0n) is 15.1. The molecule has 1 aliphatic rings. The molecule has 1 N–H and O–H groups in total. The van der Waals surface area contributed by atoms with Crippen molar-refractivity contribution >= 4 is 21.6 Å². The Kier molecular flexibility index (Phi) is 5.95. The van der Waals surface area contributed by atoms with Crippen molar-refractivity contribution in [2.24, 2.45) is 5.92 Å². The molecular formula is C19H18F4N2O3S. The highest BCUT2D eigenvalue weighted by molar-refractivity contribution is 7.89. The number of amides is 1. The van der Waals surface area contributed by atoms with E-state index in [2.05, 4.69) is 5.32 Å². The number of anilines is 1. The molecule has 3 rings (SSSR count). The molecule has 1 fully saturated rings. The first-order valence-electron chi connectivity index (χ1n) is 8.82. The third kappa shape index (κ3) is 4.76. The molecule has 0 aliphatic carbocycles. The minimum atomic E-state index is -4.79. The van der Waals surface area contributed by atoms with Gasteiger partial charge in [0.05, 0.1) is 10.5 Å². The minimum absolute atomic E-state index is 0.0734. The Morgan fingerprint density at radius 3 is 2.17 bits per heavy atom. The quantitative estimate of drug-likeness (QED) is 0.749. The summed E-state index contributed by atoms with van der Waals surface area (Å²) >= 11 is 0. The molecule has 1 heterocycles. The molecule has 0 unspecified atom stereocenters. The number of hydrogen-bond donors (Lipinski definition) is 1. The van der Waals surface area contributed by atoms with Crippen molar-refractivity contribution in [3.8, 4) is 0 Å². The second kappa shape index (κ2) is 8.11. The van der Waals surface area contributed by atoms with Gasteiger partial charge in [0, 0.05) is 24.7 Å². The van der Waals surface area contributed by atoms with Crippen LogP contribution in [-0.4, -0.2) is 31.7 Å². The molecule has 2 aromatic carbocycles. The lowest BCUT2D eigenvalue weighted by molar-refractivity contribution is -0.139. The number of alkyl halides is 3. The lowest BCUT2D eigenvalue weighted by Gasteiger charge is -2.31. The Bertz CT molecular complexity index is 983. The molecule has 0 radical (unpaired) electrons. The van der Waals surface area contributed by atoms with Gasteiger partial charge in [0.25, 0.3) is 0 Å². The summed E-state index contributed by atoms with van der Waals surface area (Å²) in [4.78, 5) is 11.6. The van der Waals surface area contributed by atoms with E-state index < -0.39 is 38.4 Å². The Labute approximate surface area is 165 Å². The van der Waals surface area contributed by atoms with Crippen LogP contribution >= 0.6 is 0 Å². The molecule has 156 valence electrons. The first-order chi connectivity index (χ1) is 13.6. The van der Waals surface area contributed by atoms with Crippen LogP contribution in [0.4, 0.5) is 23.2 Å². The van der Waals surface area contributed by atoms with Gasteiger partial charge in [0.2, 0.25) is 15.9 Å². The van der Waals surface area contributed by atoms with Crippen LogP contribution in [-0.2, 0) is 21.0 Å². The van der Waals surface area contributed by atoms with E-state index in [0.717, 1.165) is 22.5 Å². The van der Waals surface area contributed by atoms with E-state index >= 15 is 0 Å². The maximum Gasteiger partial charge on any atom is 0.417 e. The maximum atomic E-state index is 13.2. The number of piperidine rings is 1. The van der Waals surface area contributed by atoms with Gasteiger partial charge < -0.3 is 5.32 Å². The second-order valence-corrected chi connectivity index (χ2v) is 8.57. The predicted molar refractivity (Wildman–Crippen MR) is 98.0 cm³/mol. The van der Waals surface area contributed by atoms with Crippen LogP contribution in [0.1, 0.15) is 18.4 Å². The molecule has 0 spiro atoms. The van der Waals surface area contributed by atoms with Crippen LogP contribution in [0.25, 0.3) is 0 Å². The molecule has 10 heteroatoms. The van der Waals surface area contributed by atoms with Crippen LogP contribution in [0.5, 0.6) is 0 Å². The van der Waals surface area contributed by atoms with E-state index in [-0.39, 0.29) is 31.8 Å². The molecule has 0 atom stereocenters. The van der Waals surface area contributed by atoms with Crippen molar-refractivity contribution in [3.63, 3.8) is 0 Å². The van der Waals surface area contributed by atoms with Crippen molar-refractivity contribution in [1.82, 2.24) is 4.31 Å². The summed E-state index contributed by atoms with van der Waals surface area (Å²) in [6.45, 7) is -0.147. The van der Waals surface area contributed by atoms with E-state index in [0.29, 0.717) is 5.69 Å². The summed E-state index contributed by atoms with van der Waals surface area (Å²) in [5.41, 5.74) is -0.804. The molecule has 29 heavy (non-hydrogen) atoms. The summed E-state index contributed by atoms with van der Waals surface area (Å²) in [6, 6.07) is 9.24. The maximum absolute atomic E-state index is 13.2. The Morgan fingerprint density at radius 2 is 1.59 bits per heavy atom. The fourth-order valence-electron chi connectivity index (χ4n) is 3.20. The molecule has 0 saturated carbocycles. The van der Waals surface area contributed by atoms with Gasteiger partial charge in [-0.15, -0.1) is 0 Å². The SMILES string of the molecule is O=C(Nc1ccc(F)cc1)C1CCN(S(=O)(=O)c2ccccc2C(F)(F)F)CC1. The first kappa shape index (κ1) is 21.3. The third-order valence-corrected chi connectivity index (χ3v) is 6.70. The zero-order valence-corrected chi connectivity index (χ0v) is 15.9. The van der Waals surface area contributed by atoms with Crippen LogP contribution in [0, 0.1) is 11.7 Å². The Balaban J connectivity index is 1.69. The summed E-state index contributed by atoms with van der Waals surface area (Å²) in [5.74, 6) is -1.28. The normalized spacial score (nSPS) is 16.6. The van der Waals surface area contributed by atoms with Gasteiger partial charge in [-0.2, -0.15) is 17.5 Å². The van der Waals surface area contributed by atoms with Gasteiger partial charge in [0.1, 0.15) is 5.82 Å². The Morgan fingerprint density at radius 1 is 1.00 bits per heavy atom. The van der Waals surface area contributed by atoms with E-state index in [1.54, 1.807) is 0 Å². The number of nitrogens with one attached hydrogen (secondary N) is 1. The van der Waals surface area contributed by atoms with Gasteiger partial charge in [0.15, 0.2) is 0 Å². The van der Waals surface area contributed by atoms with Gasteiger partial charge in [-0.05, 0) is 49.2 Å². The third-order valence-electron chi connectivity index (χ3n) is 4.75. The van der Waals surface area contributed by atoms with E-state index in [9.17, 15) is 30.8 Å². The molecule has 1 amide bonds. The smallest absolute Gasteiger partial charge is 0.326 e. The lowest BCUT2D eigenvalue weighted by atomic mass is 9.97. The van der Waals surface area contributed by atoms with Crippen LogP contribution < -0.4 is 5.32 Å². The van der Waals surface area contributed by atoms with Crippen molar-refractivity contribution in [1.29, 1.82) is 0 Å². The summed E-state index contributed by atoms with van der Waals surface area (Å²) in [6.07, 6.45) is -4.46. The monoisotopic (exact) mass is 430 g/mol. The van der Waals surface area contributed by atoms with E-state index in [4.69, 9.17) is 0 Å². The van der Waals surface area contributed by atoms with Crippen LogP contribution in [0.3, 0.4) is 0 Å². The van der Waals surface area contributed by atoms with Crippen LogP contribution in [0.15, 0.2) is 53.4 Å². The first-order valence-corrected chi connectivity index (χ1v) is 10.3. The highest BCUT2D eigenvalue weighted by Gasteiger charge is 2.40. The second-order valence-electron chi connectivity index (χ2n) is 6.67. The Hall–Kier alpha value is -2.46. The van der Waals surface area contributed by atoms with Gasteiger partial charge in [-0.25, -0.2) is 12.8 Å². The van der Waals surface area contributed by atoms with Gasteiger partial charge in [-0.3, -0.25) is 4.79 Å². The number of carbonyl (C=O) groups is 1. The van der Waals surface area contributed by atoms with Crippen molar-refractivity contribution in [2.45, 2.75) is 23.9 Å². The molecule has 2 aromatic rings. The minimum Gasteiger partial charge on any atom is -0.326 e. The van der Waals surface area contributed by atoms with Crippen molar-refractivity contribution in [2.75, 3.05) is 18.4 Å². The van der Waals surface area contributed by atoms with E-state index in [1.807, 2.05) is 0 Å². The number of carbonyl (C=O) groups excluding carboxylic acids is 1. The van der Waals surface area contributed by atoms with Crippen molar-refractivity contribution in [3.05, 3.63) is 59.9 Å². The fraction of sp³-hybridized carbons (Fsp3) is 0.316. The number of rotatable bonds is 4. The molecule has 1 aliphatic heterocycles. The van der Waals surface area contributed by atoms with Gasteiger partial charge >= 0.3 is 6.18 Å². The number of sulfonamides is 1. The highest BCUT2D eigenvalue weighted by Crippen LogP contribution is 2.36. The fourth-order valence-corrected chi connectivity index (χ4v) is 4.88. The molecule has 0 bridgehead atoms. The average molecular weight is 430 g/mol. The van der Waals surface area contributed by atoms with E-state index in [1.165, 1.54) is 30.3 Å². The lowest BCUT2D eigenvalue weighted by Crippen LogP contribution is -2.41. The molecule has 5 nitrogen and oxygen atoms in total. The molecule has 0 aromatic heterocycles. The zero-order chi connectivity index (χ0) is 21.2. The predicted octanol–water partition coefficient (Wildman–Crippen LogP) is 3.88. The topological polar surface area (TPSA) is 66.5 Å². The summed E-state index contributed by atoms with van der Waals surface area (Å²) < 4.78 is 78.9. The molecule has 1 saturated heterocycles. The van der Waals surface area contributed by atoms with Crippen LogP contribution in [0.2, 0.25) is 0 Å². The number of benzene rings is 2. The van der Waals surface area contributed by atoms with Gasteiger partial charge in [-0.1, -0.05) is 12.1 Å². The standard InChI is InChI=1S/C19H18F4N2O3S/c20-14-5-7-15(8-6-14)24-18(26)13-9-11-25(12-10-13)29(27,28)17-4-2-1-3-16(17)19(21,22)23/h1-8,13H,9-12H2,(H,24,26). The largest absolute Gasteiger partial charge is 0.417 e. The highest BCUT2D eigenvalue weighted by atomic mass is 32.2. The van der Waals surface area contributed by atoms with Crippen molar-refractivity contribution < 1.29 is 30.8 Å². The number of halogens is 4. The number of nitrogens with zero attached hydrogens (tertiary/aromatic N) is 1. The molecular weight excluding hydrogens is 412 g/mol. The summed E-state index contributed by atoms with van der Waals surface area (Å²) in [5, 5.41) is 2.63. The average Bonchev–Trinajstić information content (AvgIpc) is 2.69. The summed E-state index contributed by atoms with van der Waals surface area (Å²) in [7, 11) is -4.35. The number of hydrogen-bond acceptors (Lipinski definition) is 3.